The largest absolute Gasteiger partial charge is 0.480 e. The Morgan fingerprint density at radius 1 is 1.61 bits per heavy atom. The van der Waals surface area contributed by atoms with E-state index in [0.29, 0.717) is 12.8 Å². The molecule has 1 aliphatic carbocycles. The van der Waals surface area contributed by atoms with E-state index in [2.05, 4.69) is 5.10 Å². The minimum atomic E-state index is -4.61. The van der Waals surface area contributed by atoms with E-state index in [-0.39, 0.29) is 5.56 Å². The molecule has 0 spiro atoms. The molecule has 1 atom stereocenters. The first-order valence-corrected chi connectivity index (χ1v) is 5.28. The highest BCUT2D eigenvalue weighted by atomic mass is 19.4. The minimum Gasteiger partial charge on any atom is -0.480 e. The number of alkyl halides is 3. The van der Waals surface area contributed by atoms with Gasteiger partial charge >= 0.3 is 12.1 Å². The first kappa shape index (κ1) is 12.9. The molecular formula is C10H12F3N3O2. The number of aliphatic carboxylic acids is 1. The summed E-state index contributed by atoms with van der Waals surface area (Å²) in [4.78, 5) is 10.9. The average Bonchev–Trinajstić information content (AvgIpc) is 2.93. The van der Waals surface area contributed by atoms with Gasteiger partial charge in [-0.3, -0.25) is 9.48 Å². The third kappa shape index (κ3) is 1.86. The normalized spacial score (nSPS) is 19.6. The van der Waals surface area contributed by atoms with Crippen molar-refractivity contribution in [2.24, 2.45) is 12.8 Å². The van der Waals surface area contributed by atoms with Crippen LogP contribution in [0.5, 0.6) is 0 Å². The van der Waals surface area contributed by atoms with Crippen molar-refractivity contribution < 1.29 is 23.1 Å². The van der Waals surface area contributed by atoms with Crippen LogP contribution < -0.4 is 5.73 Å². The number of halogens is 3. The van der Waals surface area contributed by atoms with Crippen LogP contribution in [-0.2, 0) is 23.4 Å². The molecule has 0 saturated heterocycles. The SMILES string of the molecule is Cn1cc(C2(C(N)C(=O)O)CC2)c(C(F)(F)F)n1. The van der Waals surface area contributed by atoms with Crippen molar-refractivity contribution in [3.05, 3.63) is 17.5 Å². The Morgan fingerprint density at radius 2 is 2.17 bits per heavy atom. The average molecular weight is 263 g/mol. The van der Waals surface area contributed by atoms with E-state index in [1.54, 1.807) is 0 Å². The van der Waals surface area contributed by atoms with Crippen molar-refractivity contribution in [3.8, 4) is 0 Å². The maximum atomic E-state index is 12.8. The van der Waals surface area contributed by atoms with Crippen LogP contribution in [-0.4, -0.2) is 26.9 Å². The second-order valence-electron chi connectivity index (χ2n) is 4.53. The molecule has 0 aromatic carbocycles. The topological polar surface area (TPSA) is 81.1 Å². The first-order chi connectivity index (χ1) is 8.18. The van der Waals surface area contributed by atoms with Gasteiger partial charge in [0, 0.05) is 24.2 Å². The molecule has 3 N–H and O–H groups in total. The molecule has 8 heteroatoms. The highest BCUT2D eigenvalue weighted by molar-refractivity contribution is 5.77. The number of nitrogens with two attached hydrogens (primary N) is 1. The van der Waals surface area contributed by atoms with E-state index < -0.39 is 29.3 Å². The Kier molecular flexibility index (Phi) is 2.65. The number of carbonyl (C=O) groups is 1. The second-order valence-corrected chi connectivity index (χ2v) is 4.53. The predicted molar refractivity (Wildman–Crippen MR) is 54.7 cm³/mol. The monoisotopic (exact) mass is 263 g/mol. The lowest BCUT2D eigenvalue weighted by Crippen LogP contribution is -2.42. The molecule has 1 aromatic rings. The Morgan fingerprint density at radius 3 is 2.56 bits per heavy atom. The van der Waals surface area contributed by atoms with Crippen LogP contribution in [0.25, 0.3) is 0 Å². The molecule has 1 fully saturated rings. The molecular weight excluding hydrogens is 251 g/mol. The quantitative estimate of drug-likeness (QED) is 0.848. The van der Waals surface area contributed by atoms with Crippen molar-refractivity contribution in [3.63, 3.8) is 0 Å². The van der Waals surface area contributed by atoms with Crippen LogP contribution in [0.1, 0.15) is 24.1 Å². The first-order valence-electron chi connectivity index (χ1n) is 5.28. The lowest BCUT2D eigenvalue weighted by molar-refractivity contribution is -0.144. The lowest BCUT2D eigenvalue weighted by Gasteiger charge is -2.20. The number of hydrogen-bond donors (Lipinski definition) is 2. The third-order valence-electron chi connectivity index (χ3n) is 3.28. The number of carboxylic acids is 1. The fraction of sp³-hybridized carbons (Fsp3) is 0.600. The van der Waals surface area contributed by atoms with E-state index in [1.807, 2.05) is 0 Å². The highest BCUT2D eigenvalue weighted by Crippen LogP contribution is 2.53. The number of nitrogens with zero attached hydrogens (tertiary/aromatic N) is 2. The molecule has 1 aromatic heterocycles. The molecule has 1 saturated carbocycles. The van der Waals surface area contributed by atoms with Gasteiger partial charge in [0.1, 0.15) is 6.04 Å². The zero-order chi connectivity index (χ0) is 13.7. The standard InChI is InChI=1S/C10H12F3N3O2/c1-16-4-5(7(15-16)10(11,12)13)9(2-3-9)6(14)8(17)18/h4,6H,2-3,14H2,1H3,(H,17,18). The van der Waals surface area contributed by atoms with Crippen LogP contribution in [0, 0.1) is 0 Å². The highest BCUT2D eigenvalue weighted by Gasteiger charge is 2.57. The molecule has 0 bridgehead atoms. The Balaban J connectivity index is 2.49. The smallest absolute Gasteiger partial charge is 0.435 e. The van der Waals surface area contributed by atoms with Crippen molar-refractivity contribution in [1.82, 2.24) is 9.78 Å². The Hall–Kier alpha value is -1.57. The van der Waals surface area contributed by atoms with Crippen LogP contribution in [0.4, 0.5) is 13.2 Å². The molecule has 100 valence electrons. The molecule has 1 unspecified atom stereocenters. The summed E-state index contributed by atoms with van der Waals surface area (Å²) in [6.07, 6.45) is -2.74. The van der Waals surface area contributed by atoms with Gasteiger partial charge < -0.3 is 10.8 Å². The fourth-order valence-corrected chi connectivity index (χ4v) is 2.18. The van der Waals surface area contributed by atoms with Gasteiger partial charge in [0.15, 0.2) is 5.69 Å². The summed E-state index contributed by atoms with van der Waals surface area (Å²) in [7, 11) is 1.36. The van der Waals surface area contributed by atoms with E-state index in [0.717, 1.165) is 4.68 Å². The summed E-state index contributed by atoms with van der Waals surface area (Å²) >= 11 is 0. The van der Waals surface area contributed by atoms with E-state index >= 15 is 0 Å². The van der Waals surface area contributed by atoms with Gasteiger partial charge in [-0.1, -0.05) is 0 Å². The molecule has 18 heavy (non-hydrogen) atoms. The van der Waals surface area contributed by atoms with Crippen LogP contribution >= 0.6 is 0 Å². The van der Waals surface area contributed by atoms with Crippen LogP contribution in [0.2, 0.25) is 0 Å². The zero-order valence-corrected chi connectivity index (χ0v) is 9.53. The van der Waals surface area contributed by atoms with Gasteiger partial charge in [-0.25, -0.2) is 0 Å². The molecule has 1 aliphatic rings. The third-order valence-corrected chi connectivity index (χ3v) is 3.28. The molecule has 0 aliphatic heterocycles. The molecule has 1 heterocycles. The maximum Gasteiger partial charge on any atom is 0.435 e. The predicted octanol–water partition coefficient (Wildman–Crippen LogP) is 0.882. The number of rotatable bonds is 3. The summed E-state index contributed by atoms with van der Waals surface area (Å²) in [5, 5.41) is 12.3. The Bertz CT molecular complexity index is 491. The van der Waals surface area contributed by atoms with Crippen molar-refractivity contribution in [2.75, 3.05) is 0 Å². The van der Waals surface area contributed by atoms with E-state index in [4.69, 9.17) is 10.8 Å². The van der Waals surface area contributed by atoms with E-state index in [9.17, 15) is 18.0 Å². The van der Waals surface area contributed by atoms with E-state index in [1.165, 1.54) is 13.2 Å². The fourth-order valence-electron chi connectivity index (χ4n) is 2.18. The van der Waals surface area contributed by atoms with Gasteiger partial charge in [0.05, 0.1) is 0 Å². The van der Waals surface area contributed by atoms with Crippen LogP contribution in [0.3, 0.4) is 0 Å². The number of hydrogen-bond acceptors (Lipinski definition) is 3. The van der Waals surface area contributed by atoms with Crippen molar-refractivity contribution >= 4 is 5.97 Å². The molecule has 5 nitrogen and oxygen atoms in total. The van der Waals surface area contributed by atoms with Gasteiger partial charge in [0.25, 0.3) is 0 Å². The lowest BCUT2D eigenvalue weighted by atomic mass is 9.88. The second kappa shape index (κ2) is 3.71. The van der Waals surface area contributed by atoms with Gasteiger partial charge in [-0.05, 0) is 12.8 Å². The summed E-state index contributed by atoms with van der Waals surface area (Å²) in [5.74, 6) is -1.30. The van der Waals surface area contributed by atoms with Gasteiger partial charge in [-0.2, -0.15) is 18.3 Å². The Labute approximate surface area is 100 Å². The zero-order valence-electron chi connectivity index (χ0n) is 9.53. The summed E-state index contributed by atoms with van der Waals surface area (Å²) < 4.78 is 39.5. The number of aryl methyl sites for hydroxylation is 1. The minimum absolute atomic E-state index is 0.118. The summed E-state index contributed by atoms with van der Waals surface area (Å²) in [6, 6.07) is -1.34. The summed E-state index contributed by atoms with van der Waals surface area (Å²) in [5.41, 5.74) is 3.21. The van der Waals surface area contributed by atoms with Gasteiger partial charge in [-0.15, -0.1) is 0 Å². The molecule has 0 amide bonds. The van der Waals surface area contributed by atoms with Crippen molar-refractivity contribution in [1.29, 1.82) is 0 Å². The number of carboxylic acid groups (broad SMARTS) is 1. The number of aromatic nitrogens is 2. The van der Waals surface area contributed by atoms with Gasteiger partial charge in [0.2, 0.25) is 0 Å². The van der Waals surface area contributed by atoms with Crippen LogP contribution in [0.15, 0.2) is 6.20 Å². The molecule has 2 rings (SSSR count). The maximum absolute atomic E-state index is 12.8. The van der Waals surface area contributed by atoms with Crippen molar-refractivity contribution in [2.45, 2.75) is 30.5 Å². The summed E-state index contributed by atoms with van der Waals surface area (Å²) in [6.45, 7) is 0. The molecule has 0 radical (unpaired) electrons.